The number of rotatable bonds is 6. The Morgan fingerprint density at radius 3 is 2.67 bits per heavy atom. The van der Waals surface area contributed by atoms with Gasteiger partial charge in [-0.2, -0.15) is 5.26 Å². The van der Waals surface area contributed by atoms with Gasteiger partial charge < -0.3 is 5.32 Å². The predicted molar refractivity (Wildman–Crippen MR) is 97.7 cm³/mol. The number of nitrogens with zero attached hydrogens (tertiary/aromatic N) is 3. The molecule has 1 saturated heterocycles. The van der Waals surface area contributed by atoms with Crippen LogP contribution in [0.4, 0.5) is 0 Å². The topological polar surface area (TPSA) is 52.0 Å². The lowest BCUT2D eigenvalue weighted by molar-refractivity contribution is 0.183. The third-order valence-corrected chi connectivity index (χ3v) is 5.56. The largest absolute Gasteiger partial charge is 0.305 e. The fourth-order valence-electron chi connectivity index (χ4n) is 3.26. The first-order valence-electron chi connectivity index (χ1n) is 8.65. The molecule has 1 fully saturated rings. The summed E-state index contributed by atoms with van der Waals surface area (Å²) in [4.78, 5) is 6.96. The summed E-state index contributed by atoms with van der Waals surface area (Å²) >= 11 is 1.74. The van der Waals surface area contributed by atoms with Gasteiger partial charge >= 0.3 is 0 Å². The molecule has 1 aliphatic rings. The van der Waals surface area contributed by atoms with E-state index >= 15 is 0 Å². The van der Waals surface area contributed by atoms with Crippen LogP contribution in [0, 0.1) is 11.3 Å². The van der Waals surface area contributed by atoms with Crippen molar-refractivity contribution in [2.24, 2.45) is 0 Å². The maximum absolute atomic E-state index is 8.87. The van der Waals surface area contributed by atoms with Crippen molar-refractivity contribution in [1.29, 1.82) is 5.26 Å². The average Bonchev–Trinajstić information content (AvgIpc) is 3.16. The van der Waals surface area contributed by atoms with Crippen LogP contribution in [0.3, 0.4) is 0 Å². The summed E-state index contributed by atoms with van der Waals surface area (Å²) in [5.41, 5.74) is 2.02. The van der Waals surface area contributed by atoms with Crippen LogP contribution >= 0.6 is 11.3 Å². The minimum atomic E-state index is 0.389. The molecule has 3 rings (SSSR count). The van der Waals surface area contributed by atoms with Crippen LogP contribution < -0.4 is 5.32 Å². The van der Waals surface area contributed by atoms with Gasteiger partial charge in [0.25, 0.3) is 0 Å². The number of piperidine rings is 1. The number of thiazole rings is 1. The van der Waals surface area contributed by atoms with E-state index in [2.05, 4.69) is 45.7 Å². The van der Waals surface area contributed by atoms with Crippen molar-refractivity contribution in [2.45, 2.75) is 44.8 Å². The number of nitriles is 1. The quantitative estimate of drug-likeness (QED) is 0.871. The first kappa shape index (κ1) is 17.1. The molecule has 0 bridgehead atoms. The number of hydrogen-bond acceptors (Lipinski definition) is 5. The van der Waals surface area contributed by atoms with Crippen molar-refractivity contribution in [3.05, 3.63) is 52.0 Å². The van der Waals surface area contributed by atoms with Crippen LogP contribution in [0.15, 0.2) is 35.8 Å². The van der Waals surface area contributed by atoms with E-state index in [1.165, 1.54) is 23.4 Å². The molecule has 4 nitrogen and oxygen atoms in total. The molecule has 2 aromatic rings. The monoisotopic (exact) mass is 340 g/mol. The summed E-state index contributed by atoms with van der Waals surface area (Å²) in [5.74, 6) is 0. The van der Waals surface area contributed by atoms with E-state index in [1.54, 1.807) is 11.3 Å². The zero-order chi connectivity index (χ0) is 16.8. The number of benzene rings is 1. The second-order valence-corrected chi connectivity index (χ2v) is 7.28. The Hall–Kier alpha value is -1.74. The van der Waals surface area contributed by atoms with Gasteiger partial charge in [0, 0.05) is 24.2 Å². The smallest absolute Gasteiger partial charge is 0.109 e. The van der Waals surface area contributed by atoms with E-state index < -0.39 is 0 Å². The molecule has 0 radical (unpaired) electrons. The van der Waals surface area contributed by atoms with Gasteiger partial charge in [0.05, 0.1) is 17.7 Å². The molecular weight excluding hydrogens is 316 g/mol. The van der Waals surface area contributed by atoms with E-state index in [-0.39, 0.29) is 0 Å². The van der Waals surface area contributed by atoms with E-state index in [0.717, 1.165) is 31.6 Å². The molecule has 0 spiro atoms. The average molecular weight is 340 g/mol. The zero-order valence-electron chi connectivity index (χ0n) is 14.1. The highest BCUT2D eigenvalue weighted by Crippen LogP contribution is 2.22. The molecule has 2 heterocycles. The molecule has 5 heteroatoms. The van der Waals surface area contributed by atoms with E-state index in [0.29, 0.717) is 12.1 Å². The van der Waals surface area contributed by atoms with Crippen LogP contribution in [-0.4, -0.2) is 29.0 Å². The van der Waals surface area contributed by atoms with Crippen LogP contribution in [0.1, 0.15) is 48.4 Å². The number of nitrogens with one attached hydrogen (secondary N) is 1. The lowest BCUT2D eigenvalue weighted by atomic mass is 10.0. The van der Waals surface area contributed by atoms with E-state index in [9.17, 15) is 0 Å². The molecule has 0 saturated carbocycles. The third kappa shape index (κ3) is 4.41. The van der Waals surface area contributed by atoms with Gasteiger partial charge in [0.2, 0.25) is 0 Å². The van der Waals surface area contributed by atoms with Gasteiger partial charge in [-0.3, -0.25) is 4.90 Å². The molecule has 1 aromatic heterocycles. The third-order valence-electron chi connectivity index (χ3n) is 4.67. The number of likely N-dealkylation sites (tertiary alicyclic amines) is 1. The molecule has 1 aromatic carbocycles. The first-order valence-corrected chi connectivity index (χ1v) is 9.53. The fraction of sp³-hybridized carbons (Fsp3) is 0.474. The van der Waals surface area contributed by atoms with E-state index in [1.807, 2.05) is 18.3 Å². The van der Waals surface area contributed by atoms with Crippen LogP contribution in [0.25, 0.3) is 0 Å². The lowest BCUT2D eigenvalue weighted by Gasteiger charge is -2.34. The summed E-state index contributed by atoms with van der Waals surface area (Å²) < 4.78 is 0. The summed E-state index contributed by atoms with van der Waals surface area (Å²) in [6.45, 7) is 5.43. The Labute approximate surface area is 148 Å². The predicted octanol–water partition coefficient (Wildman–Crippen LogP) is 3.72. The first-order chi connectivity index (χ1) is 11.8. The molecule has 24 heavy (non-hydrogen) atoms. The highest BCUT2D eigenvalue weighted by molar-refractivity contribution is 7.09. The zero-order valence-corrected chi connectivity index (χ0v) is 14.9. The van der Waals surface area contributed by atoms with Crippen LogP contribution in [0.2, 0.25) is 0 Å². The Bertz CT molecular complexity index is 652. The molecule has 0 aliphatic carbocycles. The van der Waals surface area contributed by atoms with Crippen LogP contribution in [0.5, 0.6) is 0 Å². The summed E-state index contributed by atoms with van der Waals surface area (Å²) in [7, 11) is 0. The Morgan fingerprint density at radius 2 is 2.08 bits per heavy atom. The highest BCUT2D eigenvalue weighted by atomic mass is 32.1. The van der Waals surface area contributed by atoms with Gasteiger partial charge in [0.1, 0.15) is 5.01 Å². The summed E-state index contributed by atoms with van der Waals surface area (Å²) in [5, 5.41) is 15.9. The normalized spacial score (nSPS) is 17.5. The second kappa shape index (κ2) is 8.39. The molecule has 0 amide bonds. The minimum absolute atomic E-state index is 0.389. The fourth-order valence-corrected chi connectivity index (χ4v) is 4.04. The van der Waals surface area contributed by atoms with Crippen molar-refractivity contribution in [3.63, 3.8) is 0 Å². The number of aromatic nitrogens is 1. The molecular formula is C19H24N4S. The van der Waals surface area contributed by atoms with Crippen molar-refractivity contribution in [3.8, 4) is 6.07 Å². The Morgan fingerprint density at radius 1 is 1.33 bits per heavy atom. The summed E-state index contributed by atoms with van der Waals surface area (Å²) in [6, 6.07) is 11.1. The minimum Gasteiger partial charge on any atom is -0.305 e. The maximum Gasteiger partial charge on any atom is 0.109 e. The Kier molecular flexibility index (Phi) is 5.97. The Balaban J connectivity index is 1.47. The molecule has 0 unspecified atom stereocenters. The van der Waals surface area contributed by atoms with Crippen molar-refractivity contribution < 1.29 is 0 Å². The molecule has 1 aliphatic heterocycles. The standard InChI is InChI=1S/C19H24N4S/c1-2-18(19-21-9-12-24-19)22-17-7-10-23(11-8-17)14-16-5-3-15(13-20)4-6-16/h3-6,9,12,17-18,22H,2,7-8,10-11,14H2,1H3/t18-/m0/s1. The molecule has 1 N–H and O–H groups in total. The maximum atomic E-state index is 8.87. The molecule has 126 valence electrons. The van der Waals surface area contributed by atoms with Gasteiger partial charge in [0.15, 0.2) is 0 Å². The van der Waals surface area contributed by atoms with Gasteiger partial charge in [-0.05, 0) is 50.0 Å². The molecule has 1 atom stereocenters. The summed E-state index contributed by atoms with van der Waals surface area (Å²) in [6.07, 6.45) is 5.33. The van der Waals surface area contributed by atoms with Gasteiger partial charge in [-0.15, -0.1) is 11.3 Å². The van der Waals surface area contributed by atoms with E-state index in [4.69, 9.17) is 5.26 Å². The number of hydrogen-bond donors (Lipinski definition) is 1. The lowest BCUT2D eigenvalue weighted by Crippen LogP contribution is -2.43. The highest BCUT2D eigenvalue weighted by Gasteiger charge is 2.22. The van der Waals surface area contributed by atoms with Gasteiger partial charge in [-0.25, -0.2) is 4.98 Å². The van der Waals surface area contributed by atoms with Crippen molar-refractivity contribution in [1.82, 2.24) is 15.2 Å². The van der Waals surface area contributed by atoms with Crippen molar-refractivity contribution in [2.75, 3.05) is 13.1 Å². The van der Waals surface area contributed by atoms with Crippen LogP contribution in [-0.2, 0) is 6.54 Å². The SMILES string of the molecule is CC[C@H](NC1CCN(Cc2ccc(C#N)cc2)CC1)c1nccs1. The second-order valence-electron chi connectivity index (χ2n) is 6.36. The van der Waals surface area contributed by atoms with Crippen molar-refractivity contribution >= 4 is 11.3 Å². The van der Waals surface area contributed by atoms with Gasteiger partial charge in [-0.1, -0.05) is 19.1 Å².